The molecule has 0 bridgehead atoms. The van der Waals surface area contributed by atoms with Gasteiger partial charge in [0.25, 0.3) is 0 Å². The van der Waals surface area contributed by atoms with Crippen LogP contribution in [0.15, 0.2) is 59.5 Å². The highest BCUT2D eigenvalue weighted by Crippen LogP contribution is 2.33. The number of nitriles is 1. The third-order valence-corrected chi connectivity index (χ3v) is 10.8. The topological polar surface area (TPSA) is 168 Å². The molecule has 280 valence electrons. The van der Waals surface area contributed by atoms with E-state index in [1.54, 1.807) is 26.8 Å². The summed E-state index contributed by atoms with van der Waals surface area (Å²) in [6.07, 6.45) is -1.34. The number of sulfonamides is 1. The summed E-state index contributed by atoms with van der Waals surface area (Å²) in [5.74, 6) is -0.0812. The molecule has 0 aliphatic carbocycles. The lowest BCUT2D eigenvalue weighted by Gasteiger charge is -2.35. The molecule has 2 aromatic rings. The highest BCUT2D eigenvalue weighted by atomic mass is 32.2. The van der Waals surface area contributed by atoms with Crippen molar-refractivity contribution in [3.63, 3.8) is 0 Å². The summed E-state index contributed by atoms with van der Waals surface area (Å²) in [5, 5.41) is 23.7. The van der Waals surface area contributed by atoms with Gasteiger partial charge in [-0.25, -0.2) is 18.0 Å². The van der Waals surface area contributed by atoms with Crippen LogP contribution in [-0.4, -0.2) is 93.5 Å². The number of anilines is 1. The van der Waals surface area contributed by atoms with Crippen LogP contribution in [0.4, 0.5) is 15.3 Å². The second kappa shape index (κ2) is 17.2. The zero-order valence-electron chi connectivity index (χ0n) is 30.4. The van der Waals surface area contributed by atoms with Crippen molar-refractivity contribution in [2.75, 3.05) is 38.3 Å². The van der Waals surface area contributed by atoms with Gasteiger partial charge in [0.2, 0.25) is 10.0 Å². The van der Waals surface area contributed by atoms with Crippen LogP contribution in [0.1, 0.15) is 65.9 Å². The summed E-state index contributed by atoms with van der Waals surface area (Å²) in [6, 6.07) is 16.4. The van der Waals surface area contributed by atoms with Crippen molar-refractivity contribution in [2.24, 2.45) is 11.3 Å². The number of hydrogen-bond acceptors (Lipinski definition) is 10. The molecule has 0 saturated carbocycles. The largest absolute Gasteiger partial charge is 0.443 e. The molecule has 2 saturated heterocycles. The van der Waals surface area contributed by atoms with Gasteiger partial charge in [-0.3, -0.25) is 4.90 Å². The van der Waals surface area contributed by atoms with E-state index in [-0.39, 0.29) is 36.9 Å². The lowest BCUT2D eigenvalue weighted by molar-refractivity contribution is -0.0907. The van der Waals surface area contributed by atoms with Crippen molar-refractivity contribution in [2.45, 2.75) is 102 Å². The molecule has 2 heterocycles. The van der Waals surface area contributed by atoms with Gasteiger partial charge in [0.15, 0.2) is 6.29 Å². The maximum absolute atomic E-state index is 14.5. The van der Waals surface area contributed by atoms with Crippen molar-refractivity contribution in [1.82, 2.24) is 9.62 Å². The zero-order valence-corrected chi connectivity index (χ0v) is 31.2. The molecular weight excluding hydrogens is 676 g/mol. The SMILES string of the molecule is CN(C(=O)OC(C)(C)C)c1cccc(S(=O)(=O)N(C[C@H](O)[C@H](Cc2ccccc2)NC(=O)O[C@H]2CO[C@H]3OCC[C@H]32)CC(C)(C)CCCC#N)c1. The van der Waals surface area contributed by atoms with Gasteiger partial charge in [-0.15, -0.1) is 0 Å². The number of carbonyl (C=O) groups excluding carboxylic acids is 2. The Kier molecular flexibility index (Phi) is 13.5. The number of carbonyl (C=O) groups is 2. The van der Waals surface area contributed by atoms with Gasteiger partial charge in [-0.05, 0) is 75.6 Å². The fraction of sp³-hybridized carbons (Fsp3) is 0.595. The van der Waals surface area contributed by atoms with Gasteiger partial charge in [0.05, 0.1) is 42.2 Å². The molecule has 2 amide bonds. The van der Waals surface area contributed by atoms with Crippen LogP contribution in [0, 0.1) is 22.7 Å². The summed E-state index contributed by atoms with van der Waals surface area (Å²) in [6.45, 7) is 9.40. The maximum atomic E-state index is 14.5. The van der Waals surface area contributed by atoms with E-state index < -0.39 is 57.8 Å². The molecule has 2 fully saturated rings. The maximum Gasteiger partial charge on any atom is 0.414 e. The van der Waals surface area contributed by atoms with Crippen LogP contribution in [-0.2, 0) is 35.4 Å². The van der Waals surface area contributed by atoms with Gasteiger partial charge in [-0.1, -0.05) is 50.2 Å². The third-order valence-electron chi connectivity index (χ3n) is 8.96. The lowest BCUT2D eigenvalue weighted by atomic mass is 9.87. The number of ether oxygens (including phenoxy) is 4. The van der Waals surface area contributed by atoms with Crippen LogP contribution >= 0.6 is 0 Å². The van der Waals surface area contributed by atoms with Crippen LogP contribution in [0.3, 0.4) is 0 Å². The molecule has 4 rings (SSSR count). The first-order chi connectivity index (χ1) is 24.0. The van der Waals surface area contributed by atoms with E-state index >= 15 is 0 Å². The lowest BCUT2D eigenvalue weighted by Crippen LogP contribution is -2.52. The first-order valence-corrected chi connectivity index (χ1v) is 18.8. The molecule has 14 heteroatoms. The fourth-order valence-electron chi connectivity index (χ4n) is 6.25. The summed E-state index contributed by atoms with van der Waals surface area (Å²) in [4.78, 5) is 27.2. The Morgan fingerprint density at radius 1 is 1.10 bits per heavy atom. The normalized spacial score (nSPS) is 20.3. The Balaban J connectivity index is 1.61. The van der Waals surface area contributed by atoms with Crippen molar-refractivity contribution in [1.29, 1.82) is 5.26 Å². The minimum absolute atomic E-state index is 0.00887. The van der Waals surface area contributed by atoms with Crippen LogP contribution in [0.2, 0.25) is 0 Å². The Morgan fingerprint density at radius 3 is 2.51 bits per heavy atom. The van der Waals surface area contributed by atoms with E-state index in [9.17, 15) is 23.1 Å². The van der Waals surface area contributed by atoms with E-state index in [1.165, 1.54) is 34.5 Å². The number of unbranched alkanes of at least 4 members (excludes halogenated alkanes) is 1. The van der Waals surface area contributed by atoms with Crippen molar-refractivity contribution in [3.8, 4) is 6.07 Å². The number of nitrogens with zero attached hydrogens (tertiary/aromatic N) is 3. The molecule has 0 radical (unpaired) electrons. The number of amides is 2. The molecule has 2 aliphatic heterocycles. The quantitative estimate of drug-likeness (QED) is 0.232. The molecule has 5 atom stereocenters. The summed E-state index contributed by atoms with van der Waals surface area (Å²) in [7, 11) is -2.79. The van der Waals surface area contributed by atoms with Gasteiger partial charge in [-0.2, -0.15) is 9.57 Å². The molecule has 51 heavy (non-hydrogen) atoms. The molecule has 2 aromatic carbocycles. The monoisotopic (exact) mass is 728 g/mol. The Bertz CT molecular complexity index is 1620. The zero-order chi connectivity index (χ0) is 37.4. The predicted octanol–water partition coefficient (Wildman–Crippen LogP) is 5.23. The van der Waals surface area contributed by atoms with E-state index in [4.69, 9.17) is 24.2 Å². The molecule has 2 N–H and O–H groups in total. The molecule has 0 aromatic heterocycles. The standard InChI is InChI=1S/C37H52N4O9S/c1-36(2,3)50-35(44)40(6)27-15-12-16-28(22-27)51(45,46)41(25-37(4,5)18-10-11-19-38)23-31(42)30(21-26-13-8-7-9-14-26)39-34(43)49-32-24-48-33-29(32)17-20-47-33/h7-9,12-16,22,29-33,42H,10-11,17-18,20-21,23-25H2,1-6H3,(H,39,43)/t29-,30-,31-,32-,33+/m0/s1. The smallest absolute Gasteiger partial charge is 0.414 e. The first kappa shape index (κ1) is 40.0. The molecule has 13 nitrogen and oxygen atoms in total. The molecule has 0 spiro atoms. The fourth-order valence-corrected chi connectivity index (χ4v) is 7.93. The summed E-state index contributed by atoms with van der Waals surface area (Å²) >= 11 is 0. The number of benzene rings is 2. The number of fused-ring (bicyclic) bond motifs is 1. The number of alkyl carbamates (subject to hydrolysis) is 1. The number of nitrogens with one attached hydrogen (secondary N) is 1. The van der Waals surface area contributed by atoms with Crippen LogP contribution < -0.4 is 10.2 Å². The average molecular weight is 729 g/mol. The van der Waals surface area contributed by atoms with Gasteiger partial charge >= 0.3 is 12.2 Å². The Labute approximate surface area is 301 Å². The minimum atomic E-state index is -4.28. The van der Waals surface area contributed by atoms with Gasteiger partial charge in [0.1, 0.15) is 11.7 Å². The van der Waals surface area contributed by atoms with E-state index in [2.05, 4.69) is 11.4 Å². The summed E-state index contributed by atoms with van der Waals surface area (Å²) < 4.78 is 52.5. The number of hydrogen-bond donors (Lipinski definition) is 2. The highest BCUT2D eigenvalue weighted by Gasteiger charge is 2.44. The summed E-state index contributed by atoms with van der Waals surface area (Å²) in [5.41, 5.74) is -0.220. The van der Waals surface area contributed by atoms with Crippen LogP contribution in [0.25, 0.3) is 0 Å². The second-order valence-electron chi connectivity index (χ2n) is 15.0. The van der Waals surface area contributed by atoms with Crippen molar-refractivity contribution >= 4 is 27.9 Å². The van der Waals surface area contributed by atoms with Crippen molar-refractivity contribution < 1.29 is 42.1 Å². The van der Waals surface area contributed by atoms with Crippen molar-refractivity contribution in [3.05, 3.63) is 60.2 Å². The van der Waals surface area contributed by atoms with E-state index in [0.29, 0.717) is 38.0 Å². The number of aliphatic hydroxyl groups excluding tert-OH is 1. The minimum Gasteiger partial charge on any atom is -0.443 e. The number of rotatable bonds is 15. The predicted molar refractivity (Wildman–Crippen MR) is 190 cm³/mol. The number of aliphatic hydroxyl groups is 1. The average Bonchev–Trinajstić information content (AvgIpc) is 3.68. The van der Waals surface area contributed by atoms with E-state index in [1.807, 2.05) is 44.2 Å². The van der Waals surface area contributed by atoms with Gasteiger partial charge in [0, 0.05) is 32.2 Å². The molecule has 2 aliphatic rings. The van der Waals surface area contributed by atoms with E-state index in [0.717, 1.165) is 5.56 Å². The molecular formula is C37H52N4O9S. The Hall–Kier alpha value is -3.74. The first-order valence-electron chi connectivity index (χ1n) is 17.4. The Morgan fingerprint density at radius 2 is 1.82 bits per heavy atom. The second-order valence-corrected chi connectivity index (χ2v) is 16.9. The van der Waals surface area contributed by atoms with Crippen LogP contribution in [0.5, 0.6) is 0 Å². The molecule has 0 unspecified atom stereocenters. The third kappa shape index (κ3) is 11.4. The van der Waals surface area contributed by atoms with Gasteiger partial charge < -0.3 is 29.4 Å². The highest BCUT2D eigenvalue weighted by molar-refractivity contribution is 7.89.